The second-order valence-electron chi connectivity index (χ2n) is 4.81. The molecule has 0 aliphatic heterocycles. The smallest absolute Gasteiger partial charge is 0.164 e. The summed E-state index contributed by atoms with van der Waals surface area (Å²) in [7, 11) is 3.48. The van der Waals surface area contributed by atoms with Crippen molar-refractivity contribution in [1.29, 1.82) is 0 Å². The molecular weight excluding hydrogens is 254 g/mol. The normalized spacial score (nSPS) is 10.6. The van der Waals surface area contributed by atoms with Crippen LogP contribution in [0.5, 0.6) is 5.75 Å². The van der Waals surface area contributed by atoms with Crippen LogP contribution in [0.25, 0.3) is 0 Å². The predicted octanol–water partition coefficient (Wildman–Crippen LogP) is 2.26. The van der Waals surface area contributed by atoms with Crippen LogP contribution >= 0.6 is 0 Å². The van der Waals surface area contributed by atoms with E-state index in [4.69, 9.17) is 4.74 Å². The minimum Gasteiger partial charge on any atom is -0.495 e. The largest absolute Gasteiger partial charge is 0.495 e. The molecule has 0 N–H and O–H groups in total. The quantitative estimate of drug-likeness (QED) is 0.784. The summed E-state index contributed by atoms with van der Waals surface area (Å²) in [5.41, 5.74) is 3.83. The maximum absolute atomic E-state index is 12.2. The van der Waals surface area contributed by atoms with Crippen LogP contribution in [0.4, 0.5) is 0 Å². The molecule has 5 nitrogen and oxygen atoms in total. The third-order valence-electron chi connectivity index (χ3n) is 3.53. The van der Waals surface area contributed by atoms with Gasteiger partial charge in [0, 0.05) is 30.9 Å². The van der Waals surface area contributed by atoms with Gasteiger partial charge < -0.3 is 4.74 Å². The number of nitrogens with zero attached hydrogens (tertiary/aromatic N) is 3. The Morgan fingerprint density at radius 1 is 1.35 bits per heavy atom. The lowest BCUT2D eigenvalue weighted by Crippen LogP contribution is -2.03. The molecule has 20 heavy (non-hydrogen) atoms. The van der Waals surface area contributed by atoms with Gasteiger partial charge in [0.15, 0.2) is 5.78 Å². The van der Waals surface area contributed by atoms with Crippen molar-refractivity contribution in [2.45, 2.75) is 26.7 Å². The van der Waals surface area contributed by atoms with Gasteiger partial charge in [0.1, 0.15) is 5.75 Å². The standard InChI is InChI=1S/C15H19N3O2/c1-10-14(11(2)18(3)17-10)5-6-15(19)12-7-13(20-4)9-16-8-12/h7-9H,5-6H2,1-4H3. The minimum atomic E-state index is 0.0686. The van der Waals surface area contributed by atoms with Gasteiger partial charge in [-0.1, -0.05) is 0 Å². The highest BCUT2D eigenvalue weighted by Gasteiger charge is 2.13. The highest BCUT2D eigenvalue weighted by atomic mass is 16.5. The molecule has 5 heteroatoms. The van der Waals surface area contributed by atoms with Crippen molar-refractivity contribution < 1.29 is 9.53 Å². The van der Waals surface area contributed by atoms with E-state index >= 15 is 0 Å². The highest BCUT2D eigenvalue weighted by Crippen LogP contribution is 2.17. The number of carbonyl (C=O) groups is 1. The van der Waals surface area contributed by atoms with E-state index in [9.17, 15) is 4.79 Å². The Morgan fingerprint density at radius 2 is 2.10 bits per heavy atom. The molecule has 0 aromatic carbocycles. The van der Waals surface area contributed by atoms with Gasteiger partial charge in [-0.25, -0.2) is 0 Å². The molecule has 0 aliphatic rings. The number of ketones is 1. The summed E-state index contributed by atoms with van der Waals surface area (Å²) in [4.78, 5) is 16.2. The van der Waals surface area contributed by atoms with Gasteiger partial charge in [0.05, 0.1) is 19.0 Å². The summed E-state index contributed by atoms with van der Waals surface area (Å²) in [6.45, 7) is 3.99. The van der Waals surface area contributed by atoms with E-state index in [1.165, 1.54) is 0 Å². The molecule has 0 saturated carbocycles. The van der Waals surface area contributed by atoms with Crippen LogP contribution in [-0.2, 0) is 13.5 Å². The first-order valence-electron chi connectivity index (χ1n) is 6.54. The third kappa shape index (κ3) is 2.87. The van der Waals surface area contributed by atoms with Gasteiger partial charge >= 0.3 is 0 Å². The fourth-order valence-corrected chi connectivity index (χ4v) is 2.25. The van der Waals surface area contributed by atoms with E-state index in [0.717, 1.165) is 17.0 Å². The first-order valence-corrected chi connectivity index (χ1v) is 6.54. The summed E-state index contributed by atoms with van der Waals surface area (Å²) in [6, 6.07) is 1.72. The van der Waals surface area contributed by atoms with Gasteiger partial charge in [-0.15, -0.1) is 0 Å². The summed E-state index contributed by atoms with van der Waals surface area (Å²) in [6.07, 6.45) is 4.31. The SMILES string of the molecule is COc1cncc(C(=O)CCc2c(C)nn(C)c2C)c1. The predicted molar refractivity (Wildman–Crippen MR) is 76.1 cm³/mol. The Morgan fingerprint density at radius 3 is 2.70 bits per heavy atom. The number of rotatable bonds is 5. The monoisotopic (exact) mass is 273 g/mol. The number of methoxy groups -OCH3 is 1. The van der Waals surface area contributed by atoms with Gasteiger partial charge in [-0.3, -0.25) is 14.5 Å². The Labute approximate surface area is 118 Å². The van der Waals surface area contributed by atoms with Gasteiger partial charge in [0.25, 0.3) is 0 Å². The molecule has 0 amide bonds. The first kappa shape index (κ1) is 14.2. The van der Waals surface area contributed by atoms with Crippen molar-refractivity contribution in [3.8, 4) is 5.75 Å². The molecule has 0 fully saturated rings. The average Bonchev–Trinajstić information content (AvgIpc) is 2.70. The lowest BCUT2D eigenvalue weighted by atomic mass is 10.0. The van der Waals surface area contributed by atoms with E-state index in [0.29, 0.717) is 24.2 Å². The van der Waals surface area contributed by atoms with E-state index in [1.54, 1.807) is 25.6 Å². The Hall–Kier alpha value is -2.17. The fraction of sp³-hybridized carbons (Fsp3) is 0.400. The van der Waals surface area contributed by atoms with Gasteiger partial charge in [-0.2, -0.15) is 5.10 Å². The zero-order chi connectivity index (χ0) is 14.7. The van der Waals surface area contributed by atoms with Crippen molar-refractivity contribution >= 4 is 5.78 Å². The van der Waals surface area contributed by atoms with Crippen molar-refractivity contribution in [2.24, 2.45) is 7.05 Å². The lowest BCUT2D eigenvalue weighted by Gasteiger charge is -2.04. The van der Waals surface area contributed by atoms with Crippen molar-refractivity contribution in [3.63, 3.8) is 0 Å². The summed E-state index contributed by atoms with van der Waals surface area (Å²) < 4.78 is 6.93. The molecule has 2 rings (SSSR count). The number of ether oxygens (including phenoxy) is 1. The minimum absolute atomic E-state index is 0.0686. The highest BCUT2D eigenvalue weighted by molar-refractivity contribution is 5.96. The Bertz CT molecular complexity index is 632. The molecule has 106 valence electrons. The van der Waals surface area contributed by atoms with Crippen LogP contribution in [0.3, 0.4) is 0 Å². The summed E-state index contributed by atoms with van der Waals surface area (Å²) in [5.74, 6) is 0.670. The molecule has 0 saturated heterocycles. The first-order chi connectivity index (χ1) is 9.52. The zero-order valence-electron chi connectivity index (χ0n) is 12.3. The maximum atomic E-state index is 12.2. The van der Waals surface area contributed by atoms with Crippen LogP contribution < -0.4 is 4.74 Å². The van der Waals surface area contributed by atoms with Crippen LogP contribution in [-0.4, -0.2) is 27.7 Å². The number of aromatic nitrogens is 3. The van der Waals surface area contributed by atoms with E-state index in [-0.39, 0.29) is 5.78 Å². The summed E-state index contributed by atoms with van der Waals surface area (Å²) >= 11 is 0. The lowest BCUT2D eigenvalue weighted by molar-refractivity contribution is 0.0982. The van der Waals surface area contributed by atoms with Gasteiger partial charge in [-0.05, 0) is 31.9 Å². The van der Waals surface area contributed by atoms with Crippen molar-refractivity contribution in [2.75, 3.05) is 7.11 Å². The molecule has 0 bridgehead atoms. The van der Waals surface area contributed by atoms with Crippen LogP contribution in [0.2, 0.25) is 0 Å². The van der Waals surface area contributed by atoms with E-state index in [2.05, 4.69) is 10.1 Å². The van der Waals surface area contributed by atoms with Crippen molar-refractivity contribution in [1.82, 2.24) is 14.8 Å². The molecule has 2 aromatic rings. The van der Waals surface area contributed by atoms with Crippen LogP contribution in [0.1, 0.15) is 33.7 Å². The van der Waals surface area contributed by atoms with E-state index < -0.39 is 0 Å². The second-order valence-corrected chi connectivity index (χ2v) is 4.81. The summed E-state index contributed by atoms with van der Waals surface area (Å²) in [5, 5.41) is 4.36. The number of pyridine rings is 1. The molecule has 0 atom stereocenters. The van der Waals surface area contributed by atoms with E-state index in [1.807, 2.05) is 25.6 Å². The number of Topliss-reactive ketones (excluding diaryl/α,β-unsaturated/α-hetero) is 1. The Kier molecular flexibility index (Phi) is 4.17. The van der Waals surface area contributed by atoms with Crippen LogP contribution in [0.15, 0.2) is 18.5 Å². The number of aryl methyl sites for hydroxylation is 2. The topological polar surface area (TPSA) is 57.0 Å². The second kappa shape index (κ2) is 5.86. The molecule has 2 heterocycles. The molecule has 0 aliphatic carbocycles. The third-order valence-corrected chi connectivity index (χ3v) is 3.53. The number of hydrogen-bond donors (Lipinski definition) is 0. The molecule has 0 unspecified atom stereocenters. The zero-order valence-corrected chi connectivity index (χ0v) is 12.3. The average molecular weight is 273 g/mol. The van der Waals surface area contributed by atoms with Gasteiger partial charge in [0.2, 0.25) is 0 Å². The maximum Gasteiger partial charge on any atom is 0.164 e. The molecule has 0 radical (unpaired) electrons. The van der Waals surface area contributed by atoms with Crippen molar-refractivity contribution in [3.05, 3.63) is 41.0 Å². The molecule has 2 aromatic heterocycles. The van der Waals surface area contributed by atoms with Crippen LogP contribution in [0, 0.1) is 13.8 Å². The molecular formula is C15H19N3O2. The number of hydrogen-bond acceptors (Lipinski definition) is 4. The fourth-order valence-electron chi connectivity index (χ4n) is 2.25. The Balaban J connectivity index is 2.08. The number of carbonyl (C=O) groups excluding carboxylic acids is 1. The molecule has 0 spiro atoms.